The minimum Gasteiger partial charge on any atom is -0.383 e. The Hall–Kier alpha value is -0.570. The quantitative estimate of drug-likeness (QED) is 0.706. The third-order valence-corrected chi connectivity index (χ3v) is 2.73. The highest BCUT2D eigenvalue weighted by Gasteiger charge is 2.06. The molecule has 0 aliphatic rings. The smallest absolute Gasteiger partial charge is 0.0616 e. The predicted molar refractivity (Wildman–Crippen MR) is 69.1 cm³/mol. The second-order valence-electron chi connectivity index (χ2n) is 3.82. The molecule has 1 aromatic rings. The first-order chi connectivity index (χ1) is 7.86. The lowest BCUT2D eigenvalue weighted by Crippen LogP contribution is -2.35. The number of rotatable bonds is 8. The minimum absolute atomic E-state index is 0.367. The zero-order valence-corrected chi connectivity index (χ0v) is 10.5. The number of methoxy groups -OCH3 is 1. The minimum atomic E-state index is 0.367. The van der Waals surface area contributed by atoms with Gasteiger partial charge in [0.15, 0.2) is 0 Å². The molecule has 0 saturated carbocycles. The highest BCUT2D eigenvalue weighted by molar-refractivity contribution is 6.17. The van der Waals surface area contributed by atoms with E-state index in [-0.39, 0.29) is 0 Å². The zero-order chi connectivity index (χ0) is 11.6. The summed E-state index contributed by atoms with van der Waals surface area (Å²) in [6, 6.07) is 10.8. The lowest BCUT2D eigenvalue weighted by atomic mass is 10.1. The van der Waals surface area contributed by atoms with Crippen molar-refractivity contribution >= 4 is 11.6 Å². The van der Waals surface area contributed by atoms with E-state index in [4.69, 9.17) is 16.3 Å². The number of hydrogen-bond donors (Lipinski definition) is 1. The Morgan fingerprint density at radius 3 is 2.69 bits per heavy atom. The van der Waals surface area contributed by atoms with E-state index >= 15 is 0 Å². The molecular formula is C13H20ClNO. The molecule has 1 aromatic carbocycles. The number of hydrogen-bond acceptors (Lipinski definition) is 2. The first-order valence-electron chi connectivity index (χ1n) is 5.69. The van der Waals surface area contributed by atoms with Crippen LogP contribution < -0.4 is 5.32 Å². The van der Waals surface area contributed by atoms with Gasteiger partial charge in [-0.3, -0.25) is 0 Å². The van der Waals surface area contributed by atoms with E-state index in [0.29, 0.717) is 11.9 Å². The average Bonchev–Trinajstić information content (AvgIpc) is 2.31. The maximum absolute atomic E-state index is 5.73. The van der Waals surface area contributed by atoms with E-state index in [0.717, 1.165) is 26.0 Å². The van der Waals surface area contributed by atoms with E-state index < -0.39 is 0 Å². The fourth-order valence-corrected chi connectivity index (χ4v) is 1.91. The van der Waals surface area contributed by atoms with Crippen LogP contribution in [0.15, 0.2) is 30.3 Å². The van der Waals surface area contributed by atoms with Crippen LogP contribution in [0.1, 0.15) is 12.0 Å². The monoisotopic (exact) mass is 241 g/mol. The van der Waals surface area contributed by atoms with Gasteiger partial charge in [-0.05, 0) is 24.9 Å². The second kappa shape index (κ2) is 8.57. The first-order valence-corrected chi connectivity index (χ1v) is 6.22. The van der Waals surface area contributed by atoms with Crippen LogP contribution in [0.25, 0.3) is 0 Å². The summed E-state index contributed by atoms with van der Waals surface area (Å²) in [5, 5.41) is 3.46. The van der Waals surface area contributed by atoms with Gasteiger partial charge in [0.1, 0.15) is 0 Å². The Balaban J connectivity index is 2.22. The molecule has 16 heavy (non-hydrogen) atoms. The van der Waals surface area contributed by atoms with Gasteiger partial charge in [-0.1, -0.05) is 30.3 Å². The Kier molecular flexibility index (Phi) is 7.23. The topological polar surface area (TPSA) is 21.3 Å². The van der Waals surface area contributed by atoms with Crippen molar-refractivity contribution in [1.29, 1.82) is 0 Å². The predicted octanol–water partition coefficient (Wildman–Crippen LogP) is 2.46. The fourth-order valence-electron chi connectivity index (χ4n) is 1.64. The standard InChI is InChI=1S/C13H20ClNO/c1-16-11-13(7-9-14)15-10-8-12-5-3-2-4-6-12/h2-6,13,15H,7-11H2,1H3. The molecule has 1 unspecified atom stereocenters. The van der Waals surface area contributed by atoms with Crippen molar-refractivity contribution < 1.29 is 4.74 Å². The SMILES string of the molecule is COCC(CCCl)NCCc1ccccc1. The molecule has 0 fully saturated rings. The van der Waals surface area contributed by atoms with Crippen LogP contribution in [-0.2, 0) is 11.2 Å². The molecule has 0 amide bonds. The normalized spacial score (nSPS) is 12.6. The number of benzene rings is 1. The summed E-state index contributed by atoms with van der Waals surface area (Å²) in [7, 11) is 1.72. The molecule has 1 rings (SSSR count). The zero-order valence-electron chi connectivity index (χ0n) is 9.79. The van der Waals surface area contributed by atoms with Crippen molar-refractivity contribution in [2.45, 2.75) is 18.9 Å². The van der Waals surface area contributed by atoms with Crippen molar-refractivity contribution in [3.63, 3.8) is 0 Å². The summed E-state index contributed by atoms with van der Waals surface area (Å²) in [5.41, 5.74) is 1.36. The second-order valence-corrected chi connectivity index (χ2v) is 4.20. The maximum atomic E-state index is 5.73. The summed E-state index contributed by atoms with van der Waals surface area (Å²) in [5.74, 6) is 0.673. The van der Waals surface area contributed by atoms with Crippen LogP contribution in [0.3, 0.4) is 0 Å². The molecule has 1 atom stereocenters. The van der Waals surface area contributed by atoms with Crippen LogP contribution >= 0.6 is 11.6 Å². The van der Waals surface area contributed by atoms with E-state index in [1.165, 1.54) is 5.56 Å². The molecule has 0 spiro atoms. The fraction of sp³-hybridized carbons (Fsp3) is 0.538. The van der Waals surface area contributed by atoms with Crippen molar-refractivity contribution in [3.8, 4) is 0 Å². The average molecular weight is 242 g/mol. The maximum Gasteiger partial charge on any atom is 0.0616 e. The van der Waals surface area contributed by atoms with E-state index in [9.17, 15) is 0 Å². The van der Waals surface area contributed by atoms with Gasteiger partial charge in [0.2, 0.25) is 0 Å². The highest BCUT2D eigenvalue weighted by atomic mass is 35.5. The van der Waals surface area contributed by atoms with Gasteiger partial charge in [-0.15, -0.1) is 11.6 Å². The molecule has 3 heteroatoms. The molecule has 0 heterocycles. The molecule has 0 radical (unpaired) electrons. The van der Waals surface area contributed by atoms with Crippen molar-refractivity contribution in [2.75, 3.05) is 26.1 Å². The van der Waals surface area contributed by atoms with Crippen LogP contribution in [0.2, 0.25) is 0 Å². The van der Waals surface area contributed by atoms with Crippen LogP contribution in [0, 0.1) is 0 Å². The van der Waals surface area contributed by atoms with Gasteiger partial charge in [0.25, 0.3) is 0 Å². The highest BCUT2D eigenvalue weighted by Crippen LogP contribution is 2.00. The Bertz CT molecular complexity index is 260. The largest absolute Gasteiger partial charge is 0.383 e. The number of alkyl halides is 1. The molecule has 2 nitrogen and oxygen atoms in total. The molecular weight excluding hydrogens is 222 g/mol. The number of halogens is 1. The van der Waals surface area contributed by atoms with Gasteiger partial charge in [0.05, 0.1) is 6.61 Å². The molecule has 1 N–H and O–H groups in total. The molecule has 0 aromatic heterocycles. The van der Waals surface area contributed by atoms with E-state index in [2.05, 4.69) is 29.6 Å². The molecule has 90 valence electrons. The Labute approximate surface area is 103 Å². The van der Waals surface area contributed by atoms with Gasteiger partial charge < -0.3 is 10.1 Å². The summed E-state index contributed by atoms with van der Waals surface area (Å²) in [4.78, 5) is 0. The third-order valence-electron chi connectivity index (χ3n) is 2.51. The van der Waals surface area contributed by atoms with E-state index in [1.807, 2.05) is 6.07 Å². The van der Waals surface area contributed by atoms with Gasteiger partial charge in [-0.2, -0.15) is 0 Å². The van der Waals surface area contributed by atoms with Gasteiger partial charge in [-0.25, -0.2) is 0 Å². The van der Waals surface area contributed by atoms with Crippen LogP contribution in [0.4, 0.5) is 0 Å². The van der Waals surface area contributed by atoms with Gasteiger partial charge in [0, 0.05) is 19.0 Å². The summed E-state index contributed by atoms with van der Waals surface area (Å²) in [6.07, 6.45) is 1.99. The van der Waals surface area contributed by atoms with Crippen molar-refractivity contribution in [1.82, 2.24) is 5.32 Å². The molecule has 0 saturated heterocycles. The van der Waals surface area contributed by atoms with Crippen LogP contribution in [0.5, 0.6) is 0 Å². The lowest BCUT2D eigenvalue weighted by molar-refractivity contribution is 0.165. The third kappa shape index (κ3) is 5.50. The molecule has 0 aliphatic heterocycles. The van der Waals surface area contributed by atoms with Crippen molar-refractivity contribution in [3.05, 3.63) is 35.9 Å². The lowest BCUT2D eigenvalue weighted by Gasteiger charge is -2.16. The van der Waals surface area contributed by atoms with Crippen LogP contribution in [-0.4, -0.2) is 32.2 Å². The molecule has 0 aliphatic carbocycles. The summed E-state index contributed by atoms with van der Waals surface area (Å²) in [6.45, 7) is 1.69. The van der Waals surface area contributed by atoms with E-state index in [1.54, 1.807) is 7.11 Å². The summed E-state index contributed by atoms with van der Waals surface area (Å²) >= 11 is 5.73. The molecule has 0 bridgehead atoms. The van der Waals surface area contributed by atoms with Crippen molar-refractivity contribution in [2.24, 2.45) is 0 Å². The Morgan fingerprint density at radius 2 is 2.06 bits per heavy atom. The first kappa shape index (κ1) is 13.5. The Morgan fingerprint density at radius 1 is 1.31 bits per heavy atom. The van der Waals surface area contributed by atoms with Gasteiger partial charge >= 0.3 is 0 Å². The number of ether oxygens (including phenoxy) is 1. The number of nitrogens with one attached hydrogen (secondary N) is 1. The summed E-state index contributed by atoms with van der Waals surface area (Å²) < 4.78 is 5.14.